The molecule has 1 aromatic carbocycles. The molecule has 0 bridgehead atoms. The quantitative estimate of drug-likeness (QED) is 0.528. The number of thiophene rings is 1. The normalized spacial score (nSPS) is 12.2. The van der Waals surface area contributed by atoms with Crippen LogP contribution in [0.5, 0.6) is 11.5 Å². The summed E-state index contributed by atoms with van der Waals surface area (Å²) in [5.41, 5.74) is 9.26. The number of carbonyl (C=O) groups is 1. The van der Waals surface area contributed by atoms with Gasteiger partial charge in [0.1, 0.15) is 12.3 Å². The van der Waals surface area contributed by atoms with E-state index in [-0.39, 0.29) is 11.4 Å². The summed E-state index contributed by atoms with van der Waals surface area (Å²) >= 11 is 1.62. The molecule has 0 unspecified atom stereocenters. The van der Waals surface area contributed by atoms with Gasteiger partial charge in [0.15, 0.2) is 17.3 Å². The van der Waals surface area contributed by atoms with Gasteiger partial charge in [0.05, 0.1) is 17.7 Å². The van der Waals surface area contributed by atoms with E-state index in [1.54, 1.807) is 23.3 Å². The highest BCUT2D eigenvalue weighted by Crippen LogP contribution is 2.44. The smallest absolute Gasteiger partial charge is 0.290 e. The average molecular weight is 485 g/mol. The van der Waals surface area contributed by atoms with Gasteiger partial charge in [0.2, 0.25) is 0 Å². The molecule has 0 aliphatic carbocycles. The zero-order valence-electron chi connectivity index (χ0n) is 21.3. The van der Waals surface area contributed by atoms with Crippen LogP contribution in [0.3, 0.4) is 0 Å². The van der Waals surface area contributed by atoms with Crippen molar-refractivity contribution in [3.05, 3.63) is 41.0 Å². The van der Waals surface area contributed by atoms with Gasteiger partial charge in [0, 0.05) is 31.2 Å². The second-order valence-corrected chi connectivity index (χ2v) is 9.79. The monoisotopic (exact) mass is 484 g/mol. The molecule has 0 fully saturated rings. The van der Waals surface area contributed by atoms with Crippen LogP contribution in [-0.4, -0.2) is 53.2 Å². The number of fused-ring (bicyclic) bond motifs is 3. The fourth-order valence-electron chi connectivity index (χ4n) is 3.85. The van der Waals surface area contributed by atoms with Crippen molar-refractivity contribution in [2.75, 3.05) is 27.3 Å². The number of hydrogen-bond acceptors (Lipinski definition) is 6. The summed E-state index contributed by atoms with van der Waals surface area (Å²) in [5.74, 6) is 1.71. The molecular weight excluding hydrogens is 448 g/mol. The number of methoxy groups -OCH3 is 1. The van der Waals surface area contributed by atoms with Crippen molar-refractivity contribution in [3.8, 4) is 33.3 Å². The lowest BCUT2D eigenvalue weighted by Gasteiger charge is -2.32. The van der Waals surface area contributed by atoms with Crippen molar-refractivity contribution in [1.29, 1.82) is 0 Å². The lowest BCUT2D eigenvalue weighted by atomic mass is 9.96. The molecule has 0 spiro atoms. The predicted molar refractivity (Wildman–Crippen MR) is 139 cm³/mol. The number of aromatic nitrogens is 2. The minimum atomic E-state index is -0.310. The highest BCUT2D eigenvalue weighted by atomic mass is 32.1. The summed E-state index contributed by atoms with van der Waals surface area (Å²) in [7, 11) is 3.47. The van der Waals surface area contributed by atoms with Crippen molar-refractivity contribution < 1.29 is 14.3 Å². The first-order valence-electron chi connectivity index (χ1n) is 11.7. The van der Waals surface area contributed by atoms with Crippen LogP contribution in [0.2, 0.25) is 0 Å². The van der Waals surface area contributed by atoms with Crippen molar-refractivity contribution in [2.24, 2.45) is 5.73 Å². The molecule has 1 aliphatic rings. The first kappa shape index (κ1) is 25.8. The number of amides is 1. The SMILES string of the molecule is CC.COc1cc2c(cc1OCCN)-c1c(-c3cccs3)nc(C(=O)N(C)C(C)(C)C)n1CC2. The van der Waals surface area contributed by atoms with Crippen LogP contribution in [-0.2, 0) is 13.0 Å². The van der Waals surface area contributed by atoms with Crippen LogP contribution >= 0.6 is 11.3 Å². The number of carbonyl (C=O) groups excluding carboxylic acids is 1. The highest BCUT2D eigenvalue weighted by Gasteiger charge is 2.33. The van der Waals surface area contributed by atoms with Crippen molar-refractivity contribution in [3.63, 3.8) is 0 Å². The number of aryl methyl sites for hydroxylation is 1. The molecule has 0 saturated carbocycles. The molecule has 2 N–H and O–H groups in total. The van der Waals surface area contributed by atoms with E-state index in [2.05, 4.69) is 4.57 Å². The third-order valence-corrected chi connectivity index (χ3v) is 6.73. The van der Waals surface area contributed by atoms with E-state index in [0.29, 0.717) is 37.0 Å². The second-order valence-electron chi connectivity index (χ2n) is 8.84. The van der Waals surface area contributed by atoms with Gasteiger partial charge in [-0.15, -0.1) is 11.3 Å². The number of imidazole rings is 1. The minimum absolute atomic E-state index is 0.0851. The van der Waals surface area contributed by atoms with E-state index in [4.69, 9.17) is 20.2 Å². The van der Waals surface area contributed by atoms with Gasteiger partial charge in [-0.2, -0.15) is 0 Å². The number of ether oxygens (including phenoxy) is 2. The fourth-order valence-corrected chi connectivity index (χ4v) is 4.56. The van der Waals surface area contributed by atoms with E-state index < -0.39 is 0 Å². The standard InChI is InChI=1S/C24H30N4O3S.C2H6/c1-24(2,3)27(4)23(29)22-26-20(19-7-6-12-32-19)21-16-14-18(31-11-9-25)17(30-5)13-15(16)8-10-28(21)22;1-2/h6-7,12-14H,8-11,25H2,1-5H3;1-2H3. The van der Waals surface area contributed by atoms with Crippen molar-refractivity contribution >= 4 is 17.2 Å². The highest BCUT2D eigenvalue weighted by molar-refractivity contribution is 7.13. The van der Waals surface area contributed by atoms with Crippen LogP contribution in [0.15, 0.2) is 29.6 Å². The Hall–Kier alpha value is -2.84. The van der Waals surface area contributed by atoms with Gasteiger partial charge in [-0.3, -0.25) is 4.79 Å². The van der Waals surface area contributed by atoms with Crippen LogP contribution < -0.4 is 15.2 Å². The molecule has 0 saturated heterocycles. The first-order valence-corrected chi connectivity index (χ1v) is 12.6. The van der Waals surface area contributed by atoms with E-state index in [0.717, 1.165) is 33.8 Å². The Morgan fingerprint density at radius 3 is 2.59 bits per heavy atom. The lowest BCUT2D eigenvalue weighted by Crippen LogP contribution is -2.43. The maximum absolute atomic E-state index is 13.5. The van der Waals surface area contributed by atoms with Crippen molar-refractivity contribution in [2.45, 2.75) is 53.1 Å². The summed E-state index contributed by atoms with van der Waals surface area (Å²) in [6.07, 6.45) is 0.773. The third-order valence-electron chi connectivity index (χ3n) is 5.85. The van der Waals surface area contributed by atoms with Crippen LogP contribution in [0.4, 0.5) is 0 Å². The van der Waals surface area contributed by atoms with Gasteiger partial charge < -0.3 is 24.7 Å². The molecule has 2 aromatic heterocycles. The minimum Gasteiger partial charge on any atom is -0.493 e. The Balaban J connectivity index is 0.00000158. The Kier molecular flexibility index (Phi) is 8.05. The number of rotatable bonds is 6. The van der Waals surface area contributed by atoms with E-state index in [1.807, 2.05) is 71.3 Å². The summed E-state index contributed by atoms with van der Waals surface area (Å²) < 4.78 is 13.5. The molecule has 0 radical (unpaired) electrons. The summed E-state index contributed by atoms with van der Waals surface area (Å²) in [5, 5.41) is 2.03. The number of nitrogens with zero attached hydrogens (tertiary/aromatic N) is 3. The Morgan fingerprint density at radius 2 is 2.00 bits per heavy atom. The molecule has 34 heavy (non-hydrogen) atoms. The maximum Gasteiger partial charge on any atom is 0.290 e. The van der Waals surface area contributed by atoms with E-state index in [9.17, 15) is 4.79 Å². The molecule has 4 rings (SSSR count). The molecule has 184 valence electrons. The molecule has 0 atom stereocenters. The van der Waals surface area contributed by atoms with E-state index >= 15 is 0 Å². The molecule has 1 amide bonds. The molecule has 8 heteroatoms. The average Bonchev–Trinajstić information content (AvgIpc) is 3.50. The molecule has 3 aromatic rings. The second kappa shape index (κ2) is 10.6. The van der Waals surface area contributed by atoms with Crippen molar-refractivity contribution in [1.82, 2.24) is 14.5 Å². The zero-order valence-corrected chi connectivity index (χ0v) is 22.1. The molecule has 7 nitrogen and oxygen atoms in total. The fraction of sp³-hybridized carbons (Fsp3) is 0.462. The van der Waals surface area contributed by atoms with Gasteiger partial charge in [-0.1, -0.05) is 19.9 Å². The zero-order chi connectivity index (χ0) is 25.0. The molecule has 1 aliphatic heterocycles. The Morgan fingerprint density at radius 1 is 1.26 bits per heavy atom. The van der Waals surface area contributed by atoms with Gasteiger partial charge >= 0.3 is 0 Å². The van der Waals surface area contributed by atoms with Crippen LogP contribution in [0.25, 0.3) is 21.8 Å². The number of hydrogen-bond donors (Lipinski definition) is 1. The number of benzene rings is 1. The van der Waals surface area contributed by atoms with Crippen LogP contribution in [0.1, 0.15) is 50.8 Å². The first-order chi connectivity index (χ1) is 16.3. The lowest BCUT2D eigenvalue weighted by molar-refractivity contribution is 0.0638. The summed E-state index contributed by atoms with van der Waals surface area (Å²) in [6.45, 7) is 11.5. The van der Waals surface area contributed by atoms with E-state index in [1.165, 1.54) is 0 Å². The van der Waals surface area contributed by atoms with Gasteiger partial charge in [0.25, 0.3) is 5.91 Å². The number of nitrogens with two attached hydrogens (primary N) is 1. The molecular formula is C26H36N4O3S. The largest absolute Gasteiger partial charge is 0.493 e. The summed E-state index contributed by atoms with van der Waals surface area (Å²) in [6, 6.07) is 8.06. The van der Waals surface area contributed by atoms with Gasteiger partial charge in [-0.25, -0.2) is 4.98 Å². The predicted octanol–water partition coefficient (Wildman–Crippen LogP) is 5.08. The third kappa shape index (κ3) is 4.83. The maximum atomic E-state index is 13.5. The Bertz CT molecular complexity index is 1130. The summed E-state index contributed by atoms with van der Waals surface area (Å²) in [4.78, 5) is 21.1. The molecule has 3 heterocycles. The van der Waals surface area contributed by atoms with Crippen LogP contribution in [0, 0.1) is 0 Å². The van der Waals surface area contributed by atoms with Gasteiger partial charge in [-0.05, 0) is 56.3 Å². The topological polar surface area (TPSA) is 82.6 Å². The Labute approximate surface area is 206 Å².